The molecule has 0 aromatic heterocycles. The van der Waals surface area contributed by atoms with Crippen LogP contribution in [0.2, 0.25) is 0 Å². The molecular formula is C13H15N3O. The molecule has 1 unspecified atom stereocenters. The fourth-order valence-electron chi connectivity index (χ4n) is 1.95. The fraction of sp³-hybridized carbons (Fsp3) is 0.385. The lowest BCUT2D eigenvalue weighted by Gasteiger charge is -2.27. The summed E-state index contributed by atoms with van der Waals surface area (Å²) < 4.78 is 0. The van der Waals surface area contributed by atoms with Gasteiger partial charge in [0.1, 0.15) is 5.54 Å². The van der Waals surface area contributed by atoms with Crippen LogP contribution in [0, 0.1) is 11.3 Å². The van der Waals surface area contributed by atoms with E-state index in [1.807, 2.05) is 30.3 Å². The van der Waals surface area contributed by atoms with Crippen LogP contribution in [-0.2, 0) is 0 Å². The lowest BCUT2D eigenvalue weighted by atomic mass is 10.0. The summed E-state index contributed by atoms with van der Waals surface area (Å²) in [6, 6.07) is 11.7. The topological polar surface area (TPSA) is 56.1 Å². The van der Waals surface area contributed by atoms with Gasteiger partial charge in [-0.15, -0.1) is 0 Å². The molecule has 1 aromatic carbocycles. The predicted molar refractivity (Wildman–Crippen MR) is 64.1 cm³/mol. The molecule has 0 spiro atoms. The molecule has 4 heteroatoms. The van der Waals surface area contributed by atoms with E-state index in [2.05, 4.69) is 11.4 Å². The van der Waals surface area contributed by atoms with Gasteiger partial charge in [-0.05, 0) is 19.4 Å². The van der Waals surface area contributed by atoms with Crippen LogP contribution in [0.5, 0.6) is 0 Å². The van der Waals surface area contributed by atoms with Gasteiger partial charge in [0, 0.05) is 6.54 Å². The number of carbonyl (C=O) groups excluding carboxylic acids is 1. The molecule has 1 saturated heterocycles. The Morgan fingerprint density at radius 2 is 2.06 bits per heavy atom. The first kappa shape index (κ1) is 11.5. The molecule has 17 heavy (non-hydrogen) atoms. The van der Waals surface area contributed by atoms with E-state index in [4.69, 9.17) is 5.26 Å². The number of nitrogens with zero attached hydrogens (tertiary/aromatic N) is 2. The number of urea groups is 1. The molecule has 1 heterocycles. The summed E-state index contributed by atoms with van der Waals surface area (Å²) in [7, 11) is 0. The van der Waals surface area contributed by atoms with Crippen LogP contribution in [0.1, 0.15) is 25.5 Å². The molecule has 0 aliphatic carbocycles. The molecular weight excluding hydrogens is 214 g/mol. The van der Waals surface area contributed by atoms with Gasteiger partial charge >= 0.3 is 6.03 Å². The zero-order valence-electron chi connectivity index (χ0n) is 9.97. The number of hydrogen-bond donors (Lipinski definition) is 1. The summed E-state index contributed by atoms with van der Waals surface area (Å²) in [6.07, 6.45) is 0. The number of nitrogens with one attached hydrogen (secondary N) is 1. The highest BCUT2D eigenvalue weighted by Crippen LogP contribution is 2.25. The predicted octanol–water partition coefficient (Wildman–Crippen LogP) is 2.06. The fourth-order valence-corrected chi connectivity index (χ4v) is 1.95. The van der Waals surface area contributed by atoms with Gasteiger partial charge in [-0.3, -0.25) is 0 Å². The van der Waals surface area contributed by atoms with Gasteiger partial charge in [-0.2, -0.15) is 5.26 Å². The van der Waals surface area contributed by atoms with Crippen molar-refractivity contribution in [3.05, 3.63) is 35.9 Å². The summed E-state index contributed by atoms with van der Waals surface area (Å²) in [5, 5.41) is 12.0. The third-order valence-corrected chi connectivity index (χ3v) is 3.06. The lowest BCUT2D eigenvalue weighted by Crippen LogP contribution is -2.44. The molecule has 2 amide bonds. The summed E-state index contributed by atoms with van der Waals surface area (Å²) in [4.78, 5) is 13.4. The van der Waals surface area contributed by atoms with Crippen molar-refractivity contribution < 1.29 is 4.79 Å². The molecule has 1 fully saturated rings. The van der Waals surface area contributed by atoms with Crippen LogP contribution >= 0.6 is 0 Å². The Bertz CT molecular complexity index is 461. The zero-order valence-corrected chi connectivity index (χ0v) is 9.97. The lowest BCUT2D eigenvalue weighted by molar-refractivity contribution is 0.186. The van der Waals surface area contributed by atoms with Gasteiger partial charge in [0.15, 0.2) is 0 Å². The second kappa shape index (κ2) is 4.10. The first-order valence-electron chi connectivity index (χ1n) is 5.59. The normalized spacial score (nSPS) is 19.9. The van der Waals surface area contributed by atoms with Crippen molar-refractivity contribution in [3.8, 4) is 6.07 Å². The average molecular weight is 229 g/mol. The molecule has 0 saturated carbocycles. The maximum Gasteiger partial charge on any atom is 0.319 e. The minimum Gasteiger partial charge on any atom is -0.329 e. The van der Waals surface area contributed by atoms with Crippen LogP contribution in [0.15, 0.2) is 30.3 Å². The molecule has 1 aromatic rings. The highest BCUT2D eigenvalue weighted by molar-refractivity contribution is 5.78. The Morgan fingerprint density at radius 1 is 1.41 bits per heavy atom. The van der Waals surface area contributed by atoms with Crippen molar-refractivity contribution in [1.29, 1.82) is 5.26 Å². The number of rotatable bonds is 2. The summed E-state index contributed by atoms with van der Waals surface area (Å²) in [5.74, 6) is 0. The molecule has 1 atom stereocenters. The van der Waals surface area contributed by atoms with Crippen molar-refractivity contribution in [1.82, 2.24) is 10.2 Å². The Morgan fingerprint density at radius 3 is 2.65 bits per heavy atom. The maximum absolute atomic E-state index is 11.8. The summed E-state index contributed by atoms with van der Waals surface area (Å²) in [6.45, 7) is 4.03. The highest BCUT2D eigenvalue weighted by atomic mass is 16.2. The quantitative estimate of drug-likeness (QED) is 0.843. The summed E-state index contributed by atoms with van der Waals surface area (Å²) >= 11 is 0. The molecule has 0 radical (unpaired) electrons. The maximum atomic E-state index is 11.8. The SMILES string of the molecule is CC(C)(C#N)N1CC(c2ccccc2)NC1=O. The van der Waals surface area contributed by atoms with Crippen molar-refractivity contribution >= 4 is 6.03 Å². The van der Waals surface area contributed by atoms with Crippen molar-refractivity contribution in [2.45, 2.75) is 25.4 Å². The third kappa shape index (κ3) is 2.09. The van der Waals surface area contributed by atoms with Gasteiger partial charge in [0.2, 0.25) is 0 Å². The number of hydrogen-bond acceptors (Lipinski definition) is 2. The van der Waals surface area contributed by atoms with Crippen LogP contribution < -0.4 is 5.32 Å². The molecule has 2 rings (SSSR count). The van der Waals surface area contributed by atoms with Crippen LogP contribution in [-0.4, -0.2) is 23.0 Å². The van der Waals surface area contributed by atoms with E-state index >= 15 is 0 Å². The van der Waals surface area contributed by atoms with Gasteiger partial charge in [0.05, 0.1) is 12.1 Å². The van der Waals surface area contributed by atoms with E-state index in [0.717, 1.165) is 5.56 Å². The van der Waals surface area contributed by atoms with Gasteiger partial charge in [-0.25, -0.2) is 4.79 Å². The smallest absolute Gasteiger partial charge is 0.319 e. The minimum absolute atomic E-state index is 0.0312. The number of benzene rings is 1. The van der Waals surface area contributed by atoms with Gasteiger partial charge < -0.3 is 10.2 Å². The summed E-state index contributed by atoms with van der Waals surface area (Å²) in [5.41, 5.74) is 0.297. The largest absolute Gasteiger partial charge is 0.329 e. The van der Waals surface area contributed by atoms with Gasteiger partial charge in [0.25, 0.3) is 0 Å². The molecule has 1 N–H and O–H groups in total. The monoisotopic (exact) mass is 229 g/mol. The standard InChI is InChI=1S/C13H15N3O/c1-13(2,9-14)16-8-11(15-12(16)17)10-6-4-3-5-7-10/h3-7,11H,8H2,1-2H3,(H,15,17). The molecule has 88 valence electrons. The first-order chi connectivity index (χ1) is 8.04. The van der Waals surface area contributed by atoms with Crippen LogP contribution in [0.4, 0.5) is 4.79 Å². The van der Waals surface area contributed by atoms with E-state index in [-0.39, 0.29) is 12.1 Å². The molecule has 1 aliphatic heterocycles. The molecule has 1 aliphatic rings. The molecule has 4 nitrogen and oxygen atoms in total. The number of nitriles is 1. The van der Waals surface area contributed by atoms with E-state index < -0.39 is 5.54 Å². The van der Waals surface area contributed by atoms with Gasteiger partial charge in [-0.1, -0.05) is 30.3 Å². The van der Waals surface area contributed by atoms with Crippen molar-refractivity contribution in [2.75, 3.05) is 6.54 Å². The van der Waals surface area contributed by atoms with E-state index in [9.17, 15) is 4.79 Å². The van der Waals surface area contributed by atoms with Crippen molar-refractivity contribution in [3.63, 3.8) is 0 Å². The van der Waals surface area contributed by atoms with E-state index in [1.54, 1.807) is 18.7 Å². The highest BCUT2D eigenvalue weighted by Gasteiger charge is 2.39. The number of amides is 2. The number of carbonyl (C=O) groups is 1. The average Bonchev–Trinajstić information content (AvgIpc) is 2.73. The Labute approximate surface area is 101 Å². The Kier molecular flexibility index (Phi) is 2.76. The first-order valence-corrected chi connectivity index (χ1v) is 5.59. The van der Waals surface area contributed by atoms with Crippen molar-refractivity contribution in [2.24, 2.45) is 0 Å². The third-order valence-electron chi connectivity index (χ3n) is 3.06. The minimum atomic E-state index is -0.770. The second-order valence-electron chi connectivity index (χ2n) is 4.69. The van der Waals surface area contributed by atoms with E-state index in [0.29, 0.717) is 6.54 Å². The Balaban J connectivity index is 2.19. The molecule has 0 bridgehead atoms. The Hall–Kier alpha value is -2.02. The zero-order chi connectivity index (χ0) is 12.5. The van der Waals surface area contributed by atoms with Crippen LogP contribution in [0.3, 0.4) is 0 Å². The second-order valence-corrected chi connectivity index (χ2v) is 4.69. The van der Waals surface area contributed by atoms with Crippen LogP contribution in [0.25, 0.3) is 0 Å². The van der Waals surface area contributed by atoms with E-state index in [1.165, 1.54) is 0 Å².